The van der Waals surface area contributed by atoms with Crippen molar-refractivity contribution in [2.45, 2.75) is 39.3 Å². The van der Waals surface area contributed by atoms with Crippen LogP contribution in [0.25, 0.3) is 0 Å². The second kappa shape index (κ2) is 9.20. The molecule has 1 saturated carbocycles. The minimum absolute atomic E-state index is 0.0153. The topological polar surface area (TPSA) is 61.9 Å². The van der Waals surface area contributed by atoms with Gasteiger partial charge in [0, 0.05) is 49.5 Å². The van der Waals surface area contributed by atoms with Crippen molar-refractivity contribution in [1.82, 2.24) is 4.90 Å². The van der Waals surface area contributed by atoms with E-state index in [2.05, 4.69) is 5.32 Å². The fraction of sp³-hybridized carbons (Fsp3) is 0.417. The molecule has 1 N–H and O–H groups in total. The number of rotatable bonds is 8. The minimum atomic E-state index is -0.0958. The van der Waals surface area contributed by atoms with Crippen molar-refractivity contribution in [1.29, 1.82) is 0 Å². The fourth-order valence-corrected chi connectivity index (χ4v) is 3.35. The molecule has 160 valence electrons. The number of benzene rings is 2. The third-order valence-electron chi connectivity index (χ3n) is 5.28. The van der Waals surface area contributed by atoms with E-state index in [-0.39, 0.29) is 23.8 Å². The standard InChI is InChI=1S/C24H31N3O3/c1-16(2)23(28)25-19-8-13-22(26(3)4)18(14-19)15-27(20-9-10-20)24(29)17-6-11-21(30-5)12-7-17/h6-8,11-14,16,20H,9-10,15H2,1-5H3,(H,25,28). The second-order valence-electron chi connectivity index (χ2n) is 8.27. The van der Waals surface area contributed by atoms with Gasteiger partial charge in [0.1, 0.15) is 5.75 Å². The molecule has 1 fully saturated rings. The molecule has 0 aliphatic heterocycles. The Kier molecular flexibility index (Phi) is 6.65. The number of anilines is 2. The summed E-state index contributed by atoms with van der Waals surface area (Å²) in [7, 11) is 5.58. The summed E-state index contributed by atoms with van der Waals surface area (Å²) in [5, 5.41) is 2.96. The molecule has 3 rings (SSSR count). The van der Waals surface area contributed by atoms with Crippen molar-refractivity contribution >= 4 is 23.2 Å². The van der Waals surface area contributed by atoms with Gasteiger partial charge in [0.25, 0.3) is 5.91 Å². The van der Waals surface area contributed by atoms with Crippen LogP contribution in [0.2, 0.25) is 0 Å². The lowest BCUT2D eigenvalue weighted by Crippen LogP contribution is -2.33. The molecule has 6 heteroatoms. The Balaban J connectivity index is 1.87. The summed E-state index contributed by atoms with van der Waals surface area (Å²) in [5.74, 6) is 0.628. The van der Waals surface area contributed by atoms with Gasteiger partial charge in [-0.3, -0.25) is 9.59 Å². The highest BCUT2D eigenvalue weighted by Crippen LogP contribution is 2.33. The predicted molar refractivity (Wildman–Crippen MR) is 120 cm³/mol. The molecule has 0 aromatic heterocycles. The van der Waals surface area contributed by atoms with Gasteiger partial charge in [0.2, 0.25) is 5.91 Å². The van der Waals surface area contributed by atoms with E-state index < -0.39 is 0 Å². The smallest absolute Gasteiger partial charge is 0.254 e. The summed E-state index contributed by atoms with van der Waals surface area (Å²) in [6.07, 6.45) is 2.03. The lowest BCUT2D eigenvalue weighted by molar-refractivity contribution is -0.118. The maximum absolute atomic E-state index is 13.3. The van der Waals surface area contributed by atoms with E-state index in [4.69, 9.17) is 4.74 Å². The van der Waals surface area contributed by atoms with E-state index in [1.807, 2.05) is 80.2 Å². The molecule has 2 amide bonds. The van der Waals surface area contributed by atoms with Crippen LogP contribution in [0.3, 0.4) is 0 Å². The van der Waals surface area contributed by atoms with E-state index >= 15 is 0 Å². The molecule has 0 bridgehead atoms. The Morgan fingerprint density at radius 3 is 2.30 bits per heavy atom. The maximum Gasteiger partial charge on any atom is 0.254 e. The quantitative estimate of drug-likeness (QED) is 0.711. The first kappa shape index (κ1) is 21.7. The molecular weight excluding hydrogens is 378 g/mol. The van der Waals surface area contributed by atoms with Crippen molar-refractivity contribution < 1.29 is 14.3 Å². The maximum atomic E-state index is 13.3. The molecule has 0 radical (unpaired) electrons. The number of carbonyl (C=O) groups excluding carboxylic acids is 2. The first-order chi connectivity index (χ1) is 14.3. The number of methoxy groups -OCH3 is 1. The Morgan fingerprint density at radius 1 is 1.10 bits per heavy atom. The second-order valence-corrected chi connectivity index (χ2v) is 8.27. The fourth-order valence-electron chi connectivity index (χ4n) is 3.35. The van der Waals surface area contributed by atoms with Crippen molar-refractivity contribution in [2.75, 3.05) is 31.4 Å². The Labute approximate surface area is 178 Å². The number of carbonyl (C=O) groups is 2. The van der Waals surface area contributed by atoms with E-state index in [9.17, 15) is 9.59 Å². The number of nitrogens with one attached hydrogen (secondary N) is 1. The Morgan fingerprint density at radius 2 is 1.77 bits per heavy atom. The van der Waals surface area contributed by atoms with Gasteiger partial charge in [-0.25, -0.2) is 0 Å². The first-order valence-corrected chi connectivity index (χ1v) is 10.4. The van der Waals surface area contributed by atoms with E-state index in [0.29, 0.717) is 12.1 Å². The molecule has 0 spiro atoms. The molecular formula is C24H31N3O3. The molecule has 6 nitrogen and oxygen atoms in total. The highest BCUT2D eigenvalue weighted by molar-refractivity contribution is 5.95. The van der Waals surface area contributed by atoms with Crippen LogP contribution in [-0.4, -0.2) is 44.0 Å². The predicted octanol–water partition coefficient (Wildman–Crippen LogP) is 4.16. The molecule has 0 unspecified atom stereocenters. The molecule has 0 atom stereocenters. The number of ether oxygens (including phenoxy) is 1. The van der Waals surface area contributed by atoms with E-state index in [0.717, 1.165) is 35.5 Å². The normalized spacial score (nSPS) is 13.1. The number of amides is 2. The summed E-state index contributed by atoms with van der Waals surface area (Å²) in [6.45, 7) is 4.23. The molecule has 1 aliphatic rings. The van der Waals surface area contributed by atoms with Gasteiger partial charge in [0.05, 0.1) is 7.11 Å². The van der Waals surface area contributed by atoms with E-state index in [1.54, 1.807) is 7.11 Å². The summed E-state index contributed by atoms with van der Waals surface area (Å²) in [5.41, 5.74) is 3.45. The lowest BCUT2D eigenvalue weighted by Gasteiger charge is -2.26. The third kappa shape index (κ3) is 5.12. The van der Waals surface area contributed by atoms with Crippen LogP contribution in [0.5, 0.6) is 5.75 Å². The molecule has 2 aromatic carbocycles. The summed E-state index contributed by atoms with van der Waals surface area (Å²) >= 11 is 0. The highest BCUT2D eigenvalue weighted by Gasteiger charge is 2.33. The summed E-state index contributed by atoms with van der Waals surface area (Å²) in [4.78, 5) is 29.4. The van der Waals surface area contributed by atoms with Crippen molar-refractivity contribution in [2.24, 2.45) is 5.92 Å². The van der Waals surface area contributed by atoms with Gasteiger partial charge in [-0.15, -0.1) is 0 Å². The number of hydrogen-bond donors (Lipinski definition) is 1. The van der Waals surface area contributed by atoms with Gasteiger partial charge in [0.15, 0.2) is 0 Å². The summed E-state index contributed by atoms with van der Waals surface area (Å²) in [6, 6.07) is 13.4. The Hall–Kier alpha value is -3.02. The number of hydrogen-bond acceptors (Lipinski definition) is 4. The van der Waals surface area contributed by atoms with Crippen LogP contribution in [0.15, 0.2) is 42.5 Å². The van der Waals surface area contributed by atoms with Crippen LogP contribution >= 0.6 is 0 Å². The lowest BCUT2D eigenvalue weighted by atomic mass is 10.1. The van der Waals surface area contributed by atoms with Crippen LogP contribution in [0.1, 0.15) is 42.6 Å². The Bertz CT molecular complexity index is 902. The average Bonchev–Trinajstić information content (AvgIpc) is 3.56. The minimum Gasteiger partial charge on any atom is -0.497 e. The van der Waals surface area contributed by atoms with Crippen LogP contribution in [0, 0.1) is 5.92 Å². The molecule has 30 heavy (non-hydrogen) atoms. The number of nitrogens with zero attached hydrogens (tertiary/aromatic N) is 2. The van der Waals surface area contributed by atoms with E-state index in [1.165, 1.54) is 0 Å². The monoisotopic (exact) mass is 409 g/mol. The molecule has 0 saturated heterocycles. The summed E-state index contributed by atoms with van der Waals surface area (Å²) < 4.78 is 5.20. The van der Waals surface area contributed by atoms with Gasteiger partial charge < -0.3 is 19.9 Å². The van der Waals surface area contributed by atoms with Gasteiger partial charge >= 0.3 is 0 Å². The van der Waals surface area contributed by atoms with Gasteiger partial charge in [-0.2, -0.15) is 0 Å². The van der Waals surface area contributed by atoms with Crippen molar-refractivity contribution in [3.8, 4) is 5.75 Å². The average molecular weight is 410 g/mol. The van der Waals surface area contributed by atoms with Crippen LogP contribution in [0.4, 0.5) is 11.4 Å². The molecule has 2 aromatic rings. The SMILES string of the molecule is COc1ccc(C(=O)N(Cc2cc(NC(=O)C(C)C)ccc2N(C)C)C2CC2)cc1. The van der Waals surface area contributed by atoms with Gasteiger partial charge in [-0.1, -0.05) is 13.8 Å². The van der Waals surface area contributed by atoms with Crippen LogP contribution in [-0.2, 0) is 11.3 Å². The van der Waals surface area contributed by atoms with Crippen LogP contribution < -0.4 is 15.0 Å². The highest BCUT2D eigenvalue weighted by atomic mass is 16.5. The van der Waals surface area contributed by atoms with Crippen molar-refractivity contribution in [3.63, 3.8) is 0 Å². The van der Waals surface area contributed by atoms with Gasteiger partial charge in [-0.05, 0) is 60.9 Å². The third-order valence-corrected chi connectivity index (χ3v) is 5.28. The largest absolute Gasteiger partial charge is 0.497 e. The zero-order valence-electron chi connectivity index (χ0n) is 18.4. The zero-order valence-corrected chi connectivity index (χ0v) is 18.4. The zero-order chi connectivity index (χ0) is 21.8. The molecule has 0 heterocycles. The van der Waals surface area contributed by atoms with Crippen molar-refractivity contribution in [3.05, 3.63) is 53.6 Å². The molecule has 1 aliphatic carbocycles. The first-order valence-electron chi connectivity index (χ1n) is 10.4.